The van der Waals surface area contributed by atoms with Gasteiger partial charge in [-0.1, -0.05) is 30.8 Å². The molecule has 1 aromatic carbocycles. The van der Waals surface area contributed by atoms with Crippen LogP contribution in [0.15, 0.2) is 23.4 Å². The number of rotatable bonds is 10. The highest BCUT2D eigenvalue weighted by Gasteiger charge is 2.29. The molecule has 1 unspecified atom stereocenters. The molecule has 3 aromatic rings. The van der Waals surface area contributed by atoms with E-state index in [1.165, 1.54) is 28.0 Å². The Morgan fingerprint density at radius 2 is 2.05 bits per heavy atom. The molecule has 0 aliphatic heterocycles. The van der Waals surface area contributed by atoms with E-state index in [-0.39, 0.29) is 17.6 Å². The summed E-state index contributed by atoms with van der Waals surface area (Å²) in [6.07, 6.45) is 2.78. The number of amides is 1. The maximum atomic E-state index is 12.9. The molecule has 1 N–H and O–H groups in total. The number of anilines is 1. The van der Waals surface area contributed by atoms with Gasteiger partial charge in [0.2, 0.25) is 5.91 Å². The Morgan fingerprint density at radius 3 is 2.81 bits per heavy atom. The van der Waals surface area contributed by atoms with Crippen molar-refractivity contribution in [3.05, 3.63) is 51.2 Å². The Bertz CT molecular complexity index is 1280. The topological polar surface area (TPSA) is 95.3 Å². The molecule has 0 bridgehead atoms. The minimum Gasteiger partial charge on any atom is -0.485 e. The summed E-state index contributed by atoms with van der Waals surface area (Å²) in [5.41, 5.74) is 3.75. The van der Waals surface area contributed by atoms with E-state index >= 15 is 0 Å². The minimum atomic E-state index is -0.364. The zero-order valence-corrected chi connectivity index (χ0v) is 23.7. The first kappa shape index (κ1) is 27.2. The number of hydrogen-bond donors (Lipinski definition) is 1. The lowest BCUT2D eigenvalue weighted by atomic mass is 9.88. The standard InChI is InChI=1S/C27H34N4O4S2/c1-6-31-22(14-35-20-12-16(3)8-10-18(20)5)29-30-27(31)36-15-23(32)28-25-24(26(33)34-7-2)19-11-9-17(4)13-21(19)37-25/h8,10,12,17H,6-7,9,11,13-15H2,1-5H3,(H,28,32). The van der Waals surface area contributed by atoms with Gasteiger partial charge in [-0.2, -0.15) is 0 Å². The highest BCUT2D eigenvalue weighted by molar-refractivity contribution is 7.99. The molecule has 1 aliphatic carbocycles. The smallest absolute Gasteiger partial charge is 0.341 e. The minimum absolute atomic E-state index is 0.150. The maximum absolute atomic E-state index is 12.9. The molecule has 0 saturated carbocycles. The number of nitrogens with one attached hydrogen (secondary N) is 1. The number of thioether (sulfide) groups is 1. The molecule has 8 nitrogen and oxygen atoms in total. The molecular weight excluding hydrogens is 508 g/mol. The van der Waals surface area contributed by atoms with Crippen LogP contribution in [-0.2, 0) is 35.5 Å². The van der Waals surface area contributed by atoms with E-state index in [0.717, 1.165) is 41.7 Å². The Kier molecular flexibility index (Phi) is 8.91. The van der Waals surface area contributed by atoms with Gasteiger partial charge in [0.25, 0.3) is 0 Å². The highest BCUT2D eigenvalue weighted by Crippen LogP contribution is 2.40. The third kappa shape index (κ3) is 6.35. The second kappa shape index (κ2) is 12.1. The summed E-state index contributed by atoms with van der Waals surface area (Å²) < 4.78 is 13.3. The van der Waals surface area contributed by atoms with Gasteiger partial charge in [-0.15, -0.1) is 21.5 Å². The van der Waals surface area contributed by atoms with Crippen LogP contribution in [0.25, 0.3) is 0 Å². The van der Waals surface area contributed by atoms with E-state index in [0.29, 0.717) is 47.2 Å². The number of carbonyl (C=O) groups is 2. The molecule has 198 valence electrons. The molecule has 0 fully saturated rings. The summed E-state index contributed by atoms with van der Waals surface area (Å²) in [4.78, 5) is 26.8. The van der Waals surface area contributed by atoms with Crippen molar-refractivity contribution in [3.63, 3.8) is 0 Å². The fraction of sp³-hybridized carbons (Fsp3) is 0.481. The summed E-state index contributed by atoms with van der Waals surface area (Å²) in [5, 5.41) is 12.8. The van der Waals surface area contributed by atoms with E-state index in [9.17, 15) is 9.59 Å². The van der Waals surface area contributed by atoms with E-state index < -0.39 is 0 Å². The number of ether oxygens (including phenoxy) is 2. The number of nitrogens with zero attached hydrogens (tertiary/aromatic N) is 3. The normalized spacial score (nSPS) is 14.8. The van der Waals surface area contributed by atoms with Crippen molar-refractivity contribution in [2.75, 3.05) is 17.7 Å². The summed E-state index contributed by atoms with van der Waals surface area (Å²) in [5.74, 6) is 1.68. The summed E-state index contributed by atoms with van der Waals surface area (Å²) in [6.45, 7) is 11.3. The second-order valence-electron chi connectivity index (χ2n) is 9.31. The maximum Gasteiger partial charge on any atom is 0.341 e. The number of benzene rings is 1. The quantitative estimate of drug-likeness (QED) is 0.264. The molecule has 1 atom stereocenters. The van der Waals surface area contributed by atoms with Crippen LogP contribution in [0.4, 0.5) is 5.00 Å². The number of aryl methyl sites for hydroxylation is 2. The largest absolute Gasteiger partial charge is 0.485 e. The molecule has 2 aromatic heterocycles. The molecule has 0 radical (unpaired) electrons. The van der Waals surface area contributed by atoms with Crippen LogP contribution in [0, 0.1) is 19.8 Å². The van der Waals surface area contributed by atoms with Crippen LogP contribution in [-0.4, -0.2) is 39.0 Å². The number of hydrogen-bond acceptors (Lipinski definition) is 8. The van der Waals surface area contributed by atoms with Crippen LogP contribution in [0.2, 0.25) is 0 Å². The van der Waals surface area contributed by atoms with E-state index in [4.69, 9.17) is 9.47 Å². The van der Waals surface area contributed by atoms with E-state index in [1.807, 2.05) is 37.5 Å². The van der Waals surface area contributed by atoms with Crippen molar-refractivity contribution in [2.45, 2.75) is 72.2 Å². The third-order valence-electron chi connectivity index (χ3n) is 6.39. The highest BCUT2D eigenvalue weighted by atomic mass is 32.2. The van der Waals surface area contributed by atoms with Crippen LogP contribution < -0.4 is 10.1 Å². The van der Waals surface area contributed by atoms with Crippen molar-refractivity contribution in [3.8, 4) is 5.75 Å². The van der Waals surface area contributed by atoms with Crippen molar-refractivity contribution in [1.29, 1.82) is 0 Å². The Balaban J connectivity index is 1.42. The van der Waals surface area contributed by atoms with Crippen molar-refractivity contribution >= 4 is 40.0 Å². The van der Waals surface area contributed by atoms with Gasteiger partial charge >= 0.3 is 5.97 Å². The SMILES string of the molecule is CCOC(=O)c1c(NC(=O)CSc2nnc(COc3cc(C)ccc3C)n2CC)sc2c1CCC(C)C2. The van der Waals surface area contributed by atoms with Crippen LogP contribution in [0.1, 0.15) is 64.9 Å². The van der Waals surface area contributed by atoms with Gasteiger partial charge in [0.15, 0.2) is 11.0 Å². The predicted octanol–water partition coefficient (Wildman–Crippen LogP) is 5.59. The van der Waals surface area contributed by atoms with Gasteiger partial charge in [0.1, 0.15) is 17.4 Å². The molecule has 1 aliphatic rings. The number of thiophene rings is 1. The lowest BCUT2D eigenvalue weighted by Gasteiger charge is -2.18. The average molecular weight is 543 g/mol. The van der Waals surface area contributed by atoms with Crippen LogP contribution >= 0.6 is 23.1 Å². The van der Waals surface area contributed by atoms with Crippen LogP contribution in [0.3, 0.4) is 0 Å². The summed E-state index contributed by atoms with van der Waals surface area (Å²) in [7, 11) is 0. The fourth-order valence-corrected chi connectivity index (χ4v) is 6.64. The Labute approximate surface area is 226 Å². The molecule has 0 saturated heterocycles. The van der Waals surface area contributed by atoms with Gasteiger partial charge in [-0.3, -0.25) is 4.79 Å². The molecule has 37 heavy (non-hydrogen) atoms. The van der Waals surface area contributed by atoms with Crippen molar-refractivity contribution < 1.29 is 19.1 Å². The number of fused-ring (bicyclic) bond motifs is 1. The number of esters is 1. The van der Waals surface area contributed by atoms with Gasteiger partial charge < -0.3 is 19.4 Å². The molecule has 10 heteroatoms. The zero-order valence-electron chi connectivity index (χ0n) is 22.1. The van der Waals surface area contributed by atoms with Gasteiger partial charge in [0.05, 0.1) is 17.9 Å². The predicted molar refractivity (Wildman–Crippen MR) is 147 cm³/mol. The lowest BCUT2D eigenvalue weighted by Crippen LogP contribution is -2.18. The monoisotopic (exact) mass is 542 g/mol. The third-order valence-corrected chi connectivity index (χ3v) is 8.52. The average Bonchev–Trinajstić information content (AvgIpc) is 3.43. The second-order valence-corrected chi connectivity index (χ2v) is 11.4. The van der Waals surface area contributed by atoms with Gasteiger partial charge in [-0.05, 0) is 75.6 Å². The zero-order chi connectivity index (χ0) is 26.5. The molecule has 1 amide bonds. The first-order valence-electron chi connectivity index (χ1n) is 12.7. The van der Waals surface area contributed by atoms with Crippen molar-refractivity contribution in [2.24, 2.45) is 5.92 Å². The summed E-state index contributed by atoms with van der Waals surface area (Å²) >= 11 is 2.81. The van der Waals surface area contributed by atoms with Gasteiger partial charge in [0, 0.05) is 11.4 Å². The Hall–Kier alpha value is -2.85. The van der Waals surface area contributed by atoms with E-state index in [1.54, 1.807) is 6.92 Å². The lowest BCUT2D eigenvalue weighted by molar-refractivity contribution is -0.113. The first-order valence-corrected chi connectivity index (χ1v) is 14.5. The summed E-state index contributed by atoms with van der Waals surface area (Å²) in [6, 6.07) is 6.10. The number of aromatic nitrogens is 3. The van der Waals surface area contributed by atoms with Crippen LogP contribution in [0.5, 0.6) is 5.75 Å². The molecule has 4 rings (SSSR count). The fourth-order valence-electron chi connectivity index (χ4n) is 4.41. The first-order chi connectivity index (χ1) is 17.8. The van der Waals surface area contributed by atoms with Crippen molar-refractivity contribution in [1.82, 2.24) is 14.8 Å². The Morgan fingerprint density at radius 1 is 1.24 bits per heavy atom. The molecule has 2 heterocycles. The number of carbonyl (C=O) groups excluding carboxylic acids is 2. The molecular formula is C27H34N4O4S2. The molecule has 0 spiro atoms. The van der Waals surface area contributed by atoms with Gasteiger partial charge in [-0.25, -0.2) is 4.79 Å². The van der Waals surface area contributed by atoms with E-state index in [2.05, 4.69) is 28.5 Å².